The Bertz CT molecular complexity index is 1230. The second-order valence-corrected chi connectivity index (χ2v) is 7.18. The quantitative estimate of drug-likeness (QED) is 0.480. The zero-order valence-corrected chi connectivity index (χ0v) is 16.1. The molecule has 0 atom stereocenters. The molecule has 1 N–H and O–H groups in total. The van der Waals surface area contributed by atoms with Gasteiger partial charge in [0.1, 0.15) is 16.5 Å². The van der Waals surface area contributed by atoms with Crippen LogP contribution in [0.4, 0.5) is 0 Å². The Kier molecular flexibility index (Phi) is 4.71. The Morgan fingerprint density at radius 1 is 1.07 bits per heavy atom. The average Bonchev–Trinajstić information content (AvgIpc) is 3.14. The van der Waals surface area contributed by atoms with Gasteiger partial charge in [-0.05, 0) is 29.7 Å². The third kappa shape index (κ3) is 3.18. The van der Waals surface area contributed by atoms with Gasteiger partial charge < -0.3 is 14.6 Å². The van der Waals surface area contributed by atoms with E-state index in [1.807, 2.05) is 36.4 Å². The number of carboxylic acids is 1. The Labute approximate surface area is 165 Å². The minimum Gasteiger partial charge on any atom is -0.497 e. The van der Waals surface area contributed by atoms with Crippen LogP contribution in [0.5, 0.6) is 11.5 Å². The molecule has 4 aromatic rings. The fraction of sp³-hybridized carbons (Fsp3) is 0.0909. The third-order valence-electron chi connectivity index (χ3n) is 4.50. The van der Waals surface area contributed by atoms with E-state index in [4.69, 9.17) is 14.5 Å². The first-order valence-electron chi connectivity index (χ1n) is 8.56. The molecule has 1 aromatic heterocycles. The topological polar surface area (TPSA) is 68.7 Å². The molecule has 6 heteroatoms. The van der Waals surface area contributed by atoms with Gasteiger partial charge in [0.05, 0.1) is 30.0 Å². The number of benzene rings is 3. The highest BCUT2D eigenvalue weighted by Crippen LogP contribution is 2.34. The van der Waals surface area contributed by atoms with Crippen molar-refractivity contribution in [1.29, 1.82) is 0 Å². The number of methoxy groups -OCH3 is 2. The number of rotatable bonds is 5. The summed E-state index contributed by atoms with van der Waals surface area (Å²) in [6.45, 7) is 0. The maximum Gasteiger partial charge on any atom is 0.336 e. The maximum atomic E-state index is 12.0. The van der Waals surface area contributed by atoms with Gasteiger partial charge in [-0.3, -0.25) is 0 Å². The summed E-state index contributed by atoms with van der Waals surface area (Å²) in [5.74, 6) is -0.0241. The summed E-state index contributed by atoms with van der Waals surface area (Å²) < 4.78 is 11.6. The average molecular weight is 391 g/mol. The molecule has 5 nitrogen and oxygen atoms in total. The van der Waals surface area contributed by atoms with Gasteiger partial charge >= 0.3 is 5.97 Å². The van der Waals surface area contributed by atoms with E-state index < -0.39 is 5.97 Å². The molecule has 0 unspecified atom stereocenters. The van der Waals surface area contributed by atoms with Gasteiger partial charge in [-0.1, -0.05) is 30.3 Å². The molecule has 0 saturated heterocycles. The maximum absolute atomic E-state index is 12.0. The van der Waals surface area contributed by atoms with E-state index in [0.717, 1.165) is 21.0 Å². The number of hydrogen-bond donors (Lipinski definition) is 1. The van der Waals surface area contributed by atoms with Crippen LogP contribution in [0.25, 0.3) is 32.6 Å². The number of thiazole rings is 1. The highest BCUT2D eigenvalue weighted by molar-refractivity contribution is 7.19. The molecule has 0 aliphatic carbocycles. The minimum atomic E-state index is -1.05. The van der Waals surface area contributed by atoms with Crippen molar-refractivity contribution in [3.8, 4) is 11.5 Å². The molecule has 0 bridgehead atoms. The van der Waals surface area contributed by atoms with E-state index >= 15 is 0 Å². The SMILES string of the molecule is COc1ccc(C(=Cc2nc3c(ccc4ccccc43)s2)C(=O)O)c(OC)c1. The normalized spacial score (nSPS) is 11.7. The molecule has 4 rings (SSSR count). The van der Waals surface area contributed by atoms with Crippen LogP contribution in [0.1, 0.15) is 10.6 Å². The smallest absolute Gasteiger partial charge is 0.336 e. The lowest BCUT2D eigenvalue weighted by Crippen LogP contribution is -2.02. The lowest BCUT2D eigenvalue weighted by Gasteiger charge is -2.10. The number of fused-ring (bicyclic) bond motifs is 3. The summed E-state index contributed by atoms with van der Waals surface area (Å²) in [6.07, 6.45) is 1.59. The van der Waals surface area contributed by atoms with Crippen molar-refractivity contribution in [3.63, 3.8) is 0 Å². The monoisotopic (exact) mass is 391 g/mol. The highest BCUT2D eigenvalue weighted by atomic mass is 32.1. The summed E-state index contributed by atoms with van der Waals surface area (Å²) in [4.78, 5) is 16.7. The number of aromatic nitrogens is 1. The van der Waals surface area contributed by atoms with Gasteiger partial charge in [-0.25, -0.2) is 9.78 Å². The first kappa shape index (κ1) is 18.0. The van der Waals surface area contributed by atoms with Crippen LogP contribution in [-0.2, 0) is 4.79 Å². The van der Waals surface area contributed by atoms with Crippen LogP contribution in [0, 0.1) is 0 Å². The molecule has 0 amide bonds. The van der Waals surface area contributed by atoms with E-state index in [9.17, 15) is 9.90 Å². The fourth-order valence-corrected chi connectivity index (χ4v) is 4.07. The summed E-state index contributed by atoms with van der Waals surface area (Å²) in [7, 11) is 3.05. The first-order chi connectivity index (χ1) is 13.6. The predicted octanol–water partition coefficient (Wildman–Crippen LogP) is 5.09. The number of carbonyl (C=O) groups is 1. The lowest BCUT2D eigenvalue weighted by atomic mass is 10.0. The van der Waals surface area contributed by atoms with E-state index in [2.05, 4.69) is 0 Å². The highest BCUT2D eigenvalue weighted by Gasteiger charge is 2.18. The van der Waals surface area contributed by atoms with Crippen LogP contribution < -0.4 is 9.47 Å². The molecular weight excluding hydrogens is 374 g/mol. The molecule has 28 heavy (non-hydrogen) atoms. The van der Waals surface area contributed by atoms with Crippen molar-refractivity contribution in [1.82, 2.24) is 4.98 Å². The number of carboxylic acid groups (broad SMARTS) is 1. The van der Waals surface area contributed by atoms with Crippen LogP contribution >= 0.6 is 11.3 Å². The molecule has 0 aliphatic heterocycles. The Morgan fingerprint density at radius 3 is 2.64 bits per heavy atom. The number of ether oxygens (including phenoxy) is 2. The van der Waals surface area contributed by atoms with Gasteiger partial charge in [0.2, 0.25) is 0 Å². The molecule has 1 heterocycles. The lowest BCUT2D eigenvalue weighted by molar-refractivity contribution is -0.130. The molecule has 3 aromatic carbocycles. The molecule has 0 spiro atoms. The van der Waals surface area contributed by atoms with Crippen molar-refractivity contribution < 1.29 is 19.4 Å². The molecular formula is C22H17NO4S. The van der Waals surface area contributed by atoms with Crippen molar-refractivity contribution in [3.05, 3.63) is 65.2 Å². The Morgan fingerprint density at radius 2 is 1.89 bits per heavy atom. The summed E-state index contributed by atoms with van der Waals surface area (Å²) >= 11 is 1.46. The molecule has 0 aliphatic rings. The van der Waals surface area contributed by atoms with E-state index in [1.165, 1.54) is 18.4 Å². The largest absolute Gasteiger partial charge is 0.497 e. The first-order valence-corrected chi connectivity index (χ1v) is 9.38. The summed E-state index contributed by atoms with van der Waals surface area (Å²) in [5, 5.41) is 12.6. The fourth-order valence-electron chi connectivity index (χ4n) is 3.14. The molecule has 0 radical (unpaired) electrons. The van der Waals surface area contributed by atoms with E-state index in [-0.39, 0.29) is 5.57 Å². The Balaban J connectivity index is 1.87. The van der Waals surface area contributed by atoms with Gasteiger partial charge in [0.15, 0.2) is 0 Å². The third-order valence-corrected chi connectivity index (χ3v) is 5.46. The molecule has 140 valence electrons. The standard InChI is InChI=1S/C22H17NO4S/c1-26-14-8-9-16(18(11-14)27-2)17(22(24)25)12-20-23-21-15-6-4-3-5-13(15)7-10-19(21)28-20/h3-12H,1-2H3,(H,24,25). The van der Waals surface area contributed by atoms with Crippen LogP contribution in [0.3, 0.4) is 0 Å². The van der Waals surface area contributed by atoms with Crippen molar-refractivity contribution >= 4 is 49.9 Å². The summed E-state index contributed by atoms with van der Waals surface area (Å²) in [6, 6.07) is 17.1. The van der Waals surface area contributed by atoms with Crippen molar-refractivity contribution in [2.75, 3.05) is 14.2 Å². The summed E-state index contributed by atoms with van der Waals surface area (Å²) in [5.41, 5.74) is 1.46. The van der Waals surface area contributed by atoms with Gasteiger partial charge in [-0.2, -0.15) is 0 Å². The second-order valence-electron chi connectivity index (χ2n) is 6.11. The van der Waals surface area contributed by atoms with Crippen LogP contribution in [-0.4, -0.2) is 30.3 Å². The zero-order valence-electron chi connectivity index (χ0n) is 15.3. The predicted molar refractivity (Wildman–Crippen MR) is 112 cm³/mol. The number of hydrogen-bond acceptors (Lipinski definition) is 5. The van der Waals surface area contributed by atoms with Crippen molar-refractivity contribution in [2.24, 2.45) is 0 Å². The minimum absolute atomic E-state index is 0.114. The van der Waals surface area contributed by atoms with Gasteiger partial charge in [-0.15, -0.1) is 11.3 Å². The number of nitrogens with zero attached hydrogens (tertiary/aromatic N) is 1. The van der Waals surface area contributed by atoms with Crippen molar-refractivity contribution in [2.45, 2.75) is 0 Å². The molecule has 0 saturated carbocycles. The second kappa shape index (κ2) is 7.32. The van der Waals surface area contributed by atoms with Crippen LogP contribution in [0.15, 0.2) is 54.6 Å². The van der Waals surface area contributed by atoms with Crippen LogP contribution in [0.2, 0.25) is 0 Å². The number of aliphatic carboxylic acids is 1. The molecule has 0 fully saturated rings. The zero-order chi connectivity index (χ0) is 19.7. The van der Waals surface area contributed by atoms with Gasteiger partial charge in [0, 0.05) is 17.0 Å². The Hall–Kier alpha value is -3.38. The van der Waals surface area contributed by atoms with E-state index in [1.54, 1.807) is 31.4 Å². The van der Waals surface area contributed by atoms with E-state index in [0.29, 0.717) is 22.1 Å². The van der Waals surface area contributed by atoms with Gasteiger partial charge in [0.25, 0.3) is 0 Å².